The third-order valence-corrected chi connectivity index (χ3v) is 7.35. The number of hydrogen-bond acceptors (Lipinski definition) is 4. The number of benzene rings is 4. The molecular formula is C36H34N3NiO3-. The number of nitrogens with zero attached hydrogens (tertiary/aromatic N) is 3. The maximum absolute atomic E-state index is 13.6. The number of carboxylic acids is 1. The minimum absolute atomic E-state index is 0. The molecule has 4 aromatic carbocycles. The molecule has 1 amide bonds. The van der Waals surface area contributed by atoms with Crippen molar-refractivity contribution >= 4 is 29.4 Å². The first-order valence-corrected chi connectivity index (χ1v) is 14.3. The van der Waals surface area contributed by atoms with Crippen molar-refractivity contribution in [3.63, 3.8) is 0 Å². The van der Waals surface area contributed by atoms with Crippen molar-refractivity contribution in [2.24, 2.45) is 4.99 Å². The van der Waals surface area contributed by atoms with Crippen LogP contribution < -0.4 is 0 Å². The van der Waals surface area contributed by atoms with Gasteiger partial charge in [0.25, 0.3) is 0 Å². The second-order valence-corrected chi connectivity index (χ2v) is 10.3. The first-order valence-electron chi connectivity index (χ1n) is 14.3. The summed E-state index contributed by atoms with van der Waals surface area (Å²) in [5.41, 5.74) is 4.53. The van der Waals surface area contributed by atoms with Gasteiger partial charge in [-0.1, -0.05) is 127 Å². The molecule has 0 aromatic heterocycles. The van der Waals surface area contributed by atoms with Crippen molar-refractivity contribution in [2.75, 3.05) is 6.54 Å². The Morgan fingerprint density at radius 2 is 1.51 bits per heavy atom. The van der Waals surface area contributed by atoms with Gasteiger partial charge >= 0.3 is 5.97 Å². The molecular weight excluding hydrogens is 581 g/mol. The maximum atomic E-state index is 13.6. The van der Waals surface area contributed by atoms with E-state index in [1.165, 1.54) is 0 Å². The predicted molar refractivity (Wildman–Crippen MR) is 168 cm³/mol. The molecule has 4 aromatic rings. The zero-order chi connectivity index (χ0) is 29.1. The van der Waals surface area contributed by atoms with E-state index in [0.29, 0.717) is 23.5 Å². The van der Waals surface area contributed by atoms with E-state index in [-0.39, 0.29) is 34.9 Å². The number of amides is 1. The number of carbonyl (C=O) groups is 2. The molecule has 0 spiro atoms. The summed E-state index contributed by atoms with van der Waals surface area (Å²) in [6.45, 7) is 1.54. The number of carbonyl (C=O) groups excluding carboxylic acids is 1. The molecule has 222 valence electrons. The summed E-state index contributed by atoms with van der Waals surface area (Å²) >= 11 is 0. The van der Waals surface area contributed by atoms with Crippen LogP contribution in [-0.4, -0.2) is 46.2 Å². The first kappa shape index (κ1) is 31.6. The third kappa shape index (κ3) is 8.60. The molecule has 5 rings (SSSR count). The summed E-state index contributed by atoms with van der Waals surface area (Å²) in [4.78, 5) is 32.9. The molecule has 1 aliphatic heterocycles. The Kier molecular flexibility index (Phi) is 11.6. The zero-order valence-electron chi connectivity index (χ0n) is 23.7. The number of hydrogen-bond donors (Lipinski definition) is 1. The van der Waals surface area contributed by atoms with Crippen LogP contribution in [0, 0.1) is 0 Å². The molecule has 1 aliphatic rings. The van der Waals surface area contributed by atoms with Crippen LogP contribution in [0.15, 0.2) is 126 Å². The summed E-state index contributed by atoms with van der Waals surface area (Å²) in [7, 11) is 0. The molecule has 0 radical (unpaired) electrons. The van der Waals surface area contributed by atoms with E-state index in [1.54, 1.807) is 6.07 Å². The Balaban J connectivity index is 0.00000423. The van der Waals surface area contributed by atoms with E-state index >= 15 is 0 Å². The monoisotopic (exact) mass is 614 g/mol. The fraction of sp³-hybridized carbons (Fsp3) is 0.194. The van der Waals surface area contributed by atoms with E-state index in [9.17, 15) is 14.7 Å². The van der Waals surface area contributed by atoms with Crippen molar-refractivity contribution in [3.8, 4) is 0 Å². The molecule has 1 unspecified atom stereocenters. The van der Waals surface area contributed by atoms with Gasteiger partial charge in [-0.15, -0.1) is 5.69 Å². The van der Waals surface area contributed by atoms with Crippen molar-refractivity contribution in [1.29, 1.82) is 0 Å². The van der Waals surface area contributed by atoms with Gasteiger partial charge in [0.15, 0.2) is 6.04 Å². The standard InChI is InChI=1S/C36H35N3O3.Ni/c40-35(33-24-13-25-39(33)26-28-16-6-2-7-17-28)38-31-22-11-10-21-30(31)34(29-19-8-3-9-20-29)37-32(36(41)42)23-12-18-27-14-4-1-5-15-27;/h1-12,14-22,32-33H,13,23-26H2,(H2,37,38,40,41,42);/p-1/b18-12+;/t32-,33?;/m0./s1. The third-order valence-electron chi connectivity index (χ3n) is 7.35. The molecule has 1 N–H and O–H groups in total. The van der Waals surface area contributed by atoms with Crippen molar-refractivity contribution in [3.05, 3.63) is 149 Å². The van der Waals surface area contributed by atoms with Crippen LogP contribution in [0.2, 0.25) is 0 Å². The van der Waals surface area contributed by atoms with Crippen LogP contribution in [0.3, 0.4) is 0 Å². The molecule has 1 fully saturated rings. The summed E-state index contributed by atoms with van der Waals surface area (Å²) in [6.07, 6.45) is 5.65. The number of aliphatic imine (C=N–C) groups is 1. The fourth-order valence-corrected chi connectivity index (χ4v) is 5.23. The number of aliphatic carboxylic acids is 1. The van der Waals surface area contributed by atoms with Gasteiger partial charge in [-0.25, -0.2) is 4.79 Å². The van der Waals surface area contributed by atoms with Crippen LogP contribution in [0.4, 0.5) is 5.69 Å². The van der Waals surface area contributed by atoms with Crippen LogP contribution >= 0.6 is 0 Å². The topological polar surface area (TPSA) is 84.1 Å². The summed E-state index contributed by atoms with van der Waals surface area (Å²) < 4.78 is 0. The molecule has 7 heteroatoms. The van der Waals surface area contributed by atoms with Crippen molar-refractivity contribution < 1.29 is 31.2 Å². The molecule has 43 heavy (non-hydrogen) atoms. The number of carboxylic acid groups (broad SMARTS) is 1. The van der Waals surface area contributed by atoms with Crippen LogP contribution in [0.1, 0.15) is 41.5 Å². The molecule has 0 bridgehead atoms. The maximum Gasteiger partial charge on any atom is 0.328 e. The van der Waals surface area contributed by atoms with Gasteiger partial charge in [0, 0.05) is 28.6 Å². The van der Waals surface area contributed by atoms with E-state index in [1.807, 2.05) is 109 Å². The summed E-state index contributed by atoms with van der Waals surface area (Å²) in [6, 6.07) is 35.4. The Labute approximate surface area is 263 Å². The fourth-order valence-electron chi connectivity index (χ4n) is 5.23. The summed E-state index contributed by atoms with van der Waals surface area (Å²) in [5.74, 6) is -1.21. The van der Waals surface area contributed by atoms with Crippen molar-refractivity contribution in [2.45, 2.75) is 37.9 Å². The molecule has 1 heterocycles. The zero-order valence-corrected chi connectivity index (χ0v) is 24.7. The Hall–Kier alpha value is -4.32. The smallest absolute Gasteiger partial charge is 0.328 e. The Morgan fingerprint density at radius 1 is 0.884 bits per heavy atom. The number of likely N-dealkylation sites (tertiary alicyclic amines) is 1. The van der Waals surface area contributed by atoms with Crippen molar-refractivity contribution in [1.82, 2.24) is 4.90 Å². The van der Waals surface area contributed by atoms with E-state index in [4.69, 9.17) is 4.99 Å². The van der Waals surface area contributed by atoms with Gasteiger partial charge in [-0.05, 0) is 42.5 Å². The van der Waals surface area contributed by atoms with Crippen LogP contribution in [-0.2, 0) is 32.6 Å². The van der Waals surface area contributed by atoms with Crippen LogP contribution in [0.5, 0.6) is 0 Å². The van der Waals surface area contributed by atoms with Gasteiger partial charge < -0.3 is 15.2 Å². The van der Waals surface area contributed by atoms with Gasteiger partial charge in [-0.2, -0.15) is 0 Å². The average molecular weight is 615 g/mol. The minimum Gasteiger partial charge on any atom is -0.625 e. The Morgan fingerprint density at radius 3 is 2.21 bits per heavy atom. The van der Waals surface area contributed by atoms with Gasteiger partial charge in [0.05, 0.1) is 17.7 Å². The molecule has 2 atom stereocenters. The SMILES string of the molecule is O=C([N-]c1ccccc1C(=N[C@@H](C/C=C/c1ccccc1)C(=O)O)c1ccccc1)C1CCCN1Cc1ccccc1.[Ni]. The average Bonchev–Trinajstić information content (AvgIpc) is 3.49. The molecule has 1 saturated heterocycles. The van der Waals surface area contributed by atoms with E-state index in [2.05, 4.69) is 22.3 Å². The van der Waals surface area contributed by atoms with E-state index < -0.39 is 12.0 Å². The first-order chi connectivity index (χ1) is 20.6. The molecule has 0 saturated carbocycles. The minimum atomic E-state index is -1.02. The van der Waals surface area contributed by atoms with Crippen LogP contribution in [0.25, 0.3) is 11.4 Å². The molecule has 0 aliphatic carbocycles. The Bertz CT molecular complexity index is 1540. The van der Waals surface area contributed by atoms with Gasteiger partial charge in [-0.3, -0.25) is 9.89 Å². The normalized spacial score (nSPS) is 16.0. The number of rotatable bonds is 11. The molecule has 6 nitrogen and oxygen atoms in total. The quantitative estimate of drug-likeness (QED) is 0.142. The van der Waals surface area contributed by atoms with E-state index in [0.717, 1.165) is 36.1 Å². The second-order valence-electron chi connectivity index (χ2n) is 10.3. The predicted octanol–water partition coefficient (Wildman–Crippen LogP) is 7.27. The van der Waals surface area contributed by atoms with Gasteiger partial charge in [0.1, 0.15) is 0 Å². The second kappa shape index (κ2) is 15.8. The van der Waals surface area contributed by atoms with Gasteiger partial charge in [0.2, 0.25) is 0 Å². The summed E-state index contributed by atoms with van der Waals surface area (Å²) in [5, 5.41) is 14.7. The number of para-hydroxylation sites is 1. The largest absolute Gasteiger partial charge is 0.625 e.